The van der Waals surface area contributed by atoms with E-state index >= 15 is 0 Å². The first kappa shape index (κ1) is 30.5. The van der Waals surface area contributed by atoms with Crippen LogP contribution in [0.3, 0.4) is 0 Å². The van der Waals surface area contributed by atoms with Crippen LogP contribution < -0.4 is 19.1 Å². The molecule has 2 amide bonds. The average Bonchev–Trinajstić information content (AvgIpc) is 2.96. The number of anilines is 1. The van der Waals surface area contributed by atoms with Crippen molar-refractivity contribution in [3.05, 3.63) is 90.0 Å². The largest absolute Gasteiger partial charge is 0.493 e. The molecular weight excluding hydrogens is 530 g/mol. The number of nitrogens with one attached hydrogen (secondary N) is 1. The number of carbonyl (C=O) groups excluding carboxylic acids is 2. The van der Waals surface area contributed by atoms with Crippen molar-refractivity contribution in [2.45, 2.75) is 32.4 Å². The number of sulfonamides is 1. The number of benzene rings is 3. The van der Waals surface area contributed by atoms with Crippen LogP contribution >= 0.6 is 0 Å². The molecule has 0 saturated heterocycles. The maximum absolute atomic E-state index is 14.0. The summed E-state index contributed by atoms with van der Waals surface area (Å²) in [4.78, 5) is 29.0. The van der Waals surface area contributed by atoms with Gasteiger partial charge < -0.3 is 19.7 Å². The summed E-state index contributed by atoms with van der Waals surface area (Å²) in [5.74, 6) is -0.0703. The van der Waals surface area contributed by atoms with E-state index in [1.165, 1.54) is 25.2 Å². The van der Waals surface area contributed by atoms with Crippen LogP contribution in [-0.2, 0) is 32.6 Å². The number of nitrogens with zero attached hydrogens (tertiary/aromatic N) is 2. The van der Waals surface area contributed by atoms with Gasteiger partial charge in [0, 0.05) is 25.6 Å². The van der Waals surface area contributed by atoms with Crippen LogP contribution in [0.5, 0.6) is 11.5 Å². The minimum absolute atomic E-state index is 0.125. The number of methoxy groups -OCH3 is 2. The second kappa shape index (κ2) is 14.4. The molecule has 0 aliphatic carbocycles. The van der Waals surface area contributed by atoms with Crippen molar-refractivity contribution in [1.82, 2.24) is 10.2 Å². The van der Waals surface area contributed by atoms with E-state index in [9.17, 15) is 18.0 Å². The summed E-state index contributed by atoms with van der Waals surface area (Å²) < 4.78 is 37.5. The Labute approximate surface area is 236 Å². The van der Waals surface area contributed by atoms with Gasteiger partial charge in [-0.2, -0.15) is 0 Å². The Kier molecular flexibility index (Phi) is 11.0. The summed E-state index contributed by atoms with van der Waals surface area (Å²) in [5, 5.41) is 2.92. The van der Waals surface area contributed by atoms with Gasteiger partial charge in [-0.3, -0.25) is 13.9 Å². The monoisotopic (exact) mass is 567 g/mol. The molecule has 0 aliphatic heterocycles. The Morgan fingerprint density at radius 2 is 1.48 bits per heavy atom. The van der Waals surface area contributed by atoms with Gasteiger partial charge >= 0.3 is 0 Å². The van der Waals surface area contributed by atoms with Crippen molar-refractivity contribution in [1.29, 1.82) is 0 Å². The van der Waals surface area contributed by atoms with E-state index in [2.05, 4.69) is 5.32 Å². The van der Waals surface area contributed by atoms with E-state index in [0.717, 1.165) is 28.1 Å². The lowest BCUT2D eigenvalue weighted by molar-refractivity contribution is -0.140. The Bertz CT molecular complexity index is 1370. The van der Waals surface area contributed by atoms with E-state index < -0.39 is 28.5 Å². The third kappa shape index (κ3) is 8.22. The molecule has 3 aromatic rings. The number of ether oxygens (including phenoxy) is 2. The lowest BCUT2D eigenvalue weighted by Crippen LogP contribution is -2.53. The molecule has 0 radical (unpaired) electrons. The Morgan fingerprint density at radius 1 is 0.875 bits per heavy atom. The van der Waals surface area contributed by atoms with Gasteiger partial charge in [0.25, 0.3) is 0 Å². The highest BCUT2D eigenvalue weighted by Gasteiger charge is 2.33. The first-order valence-electron chi connectivity index (χ1n) is 13.0. The van der Waals surface area contributed by atoms with Crippen molar-refractivity contribution >= 4 is 27.5 Å². The van der Waals surface area contributed by atoms with Gasteiger partial charge in [-0.05, 0) is 29.7 Å². The fraction of sp³-hybridized carbons (Fsp3) is 0.333. The van der Waals surface area contributed by atoms with Crippen LogP contribution in [0.4, 0.5) is 5.69 Å². The first-order valence-corrected chi connectivity index (χ1v) is 14.9. The Morgan fingerprint density at radius 3 is 2.02 bits per heavy atom. The molecule has 3 rings (SSSR count). The van der Waals surface area contributed by atoms with Gasteiger partial charge in [0.1, 0.15) is 12.6 Å². The van der Waals surface area contributed by atoms with E-state index in [-0.39, 0.29) is 24.6 Å². The molecule has 40 heavy (non-hydrogen) atoms. The second-order valence-corrected chi connectivity index (χ2v) is 11.2. The molecule has 0 fully saturated rings. The normalized spacial score (nSPS) is 11.8. The number of hydrogen-bond acceptors (Lipinski definition) is 6. The van der Waals surface area contributed by atoms with E-state index in [1.807, 2.05) is 67.6 Å². The molecule has 1 N–H and O–H groups in total. The molecule has 1 atom stereocenters. The Hall–Kier alpha value is -4.05. The van der Waals surface area contributed by atoms with Gasteiger partial charge in [-0.25, -0.2) is 8.42 Å². The molecule has 9 nitrogen and oxygen atoms in total. The van der Waals surface area contributed by atoms with Crippen LogP contribution in [0, 0.1) is 0 Å². The maximum atomic E-state index is 14.0. The standard InChI is InChI=1S/C30H37N3O6S/c1-5-18-31-30(35)26(19-23-12-8-6-9-13-23)32(21-24-14-10-7-11-15-24)29(34)22-33(40(4,36)37)25-16-17-27(38-2)28(20-25)39-3/h6-17,20,26H,5,18-19,21-22H2,1-4H3,(H,31,35)/t26-/m0/s1. The van der Waals surface area contributed by atoms with Crippen LogP contribution in [0.15, 0.2) is 78.9 Å². The zero-order valence-corrected chi connectivity index (χ0v) is 24.2. The average molecular weight is 568 g/mol. The van der Waals surface area contributed by atoms with Gasteiger partial charge in [0.05, 0.1) is 26.2 Å². The molecule has 0 unspecified atom stereocenters. The second-order valence-electron chi connectivity index (χ2n) is 9.31. The zero-order valence-electron chi connectivity index (χ0n) is 23.4. The van der Waals surface area contributed by atoms with Gasteiger partial charge in [0.2, 0.25) is 21.8 Å². The number of rotatable bonds is 14. The van der Waals surface area contributed by atoms with Crippen LogP contribution in [0.2, 0.25) is 0 Å². The maximum Gasteiger partial charge on any atom is 0.244 e. The summed E-state index contributed by atoms with van der Waals surface area (Å²) in [6.45, 7) is 2.03. The highest BCUT2D eigenvalue weighted by Crippen LogP contribution is 2.32. The molecule has 0 spiro atoms. The van der Waals surface area contributed by atoms with Crippen LogP contribution in [-0.4, -0.2) is 64.7 Å². The molecule has 0 heterocycles. The van der Waals surface area contributed by atoms with Gasteiger partial charge in [-0.15, -0.1) is 0 Å². The molecular formula is C30H37N3O6S. The molecule has 10 heteroatoms. The number of amides is 2. The quantitative estimate of drug-likeness (QED) is 0.319. The van der Waals surface area contributed by atoms with Crippen LogP contribution in [0.25, 0.3) is 0 Å². The fourth-order valence-electron chi connectivity index (χ4n) is 4.29. The predicted molar refractivity (Wildman–Crippen MR) is 156 cm³/mol. The molecule has 0 saturated carbocycles. The zero-order chi connectivity index (χ0) is 29.1. The van der Waals surface area contributed by atoms with Crippen LogP contribution in [0.1, 0.15) is 24.5 Å². The molecule has 214 valence electrons. The molecule has 0 aliphatic rings. The van der Waals surface area contributed by atoms with Crippen molar-refractivity contribution in [2.24, 2.45) is 0 Å². The highest BCUT2D eigenvalue weighted by atomic mass is 32.2. The third-order valence-electron chi connectivity index (χ3n) is 6.35. The fourth-order valence-corrected chi connectivity index (χ4v) is 5.14. The topological polar surface area (TPSA) is 105 Å². The predicted octanol–water partition coefficient (Wildman–Crippen LogP) is 3.64. The lowest BCUT2D eigenvalue weighted by Gasteiger charge is -2.33. The number of carbonyl (C=O) groups is 2. The smallest absolute Gasteiger partial charge is 0.244 e. The van der Waals surface area contributed by atoms with Crippen molar-refractivity contribution in [3.63, 3.8) is 0 Å². The summed E-state index contributed by atoms with van der Waals surface area (Å²) in [7, 11) is -0.968. The summed E-state index contributed by atoms with van der Waals surface area (Å²) >= 11 is 0. The minimum atomic E-state index is -3.89. The Balaban J connectivity index is 2.04. The van der Waals surface area contributed by atoms with Gasteiger partial charge in [0.15, 0.2) is 11.5 Å². The molecule has 3 aromatic carbocycles. The van der Waals surface area contributed by atoms with Gasteiger partial charge in [-0.1, -0.05) is 67.6 Å². The van der Waals surface area contributed by atoms with Crippen molar-refractivity contribution in [3.8, 4) is 11.5 Å². The highest BCUT2D eigenvalue weighted by molar-refractivity contribution is 7.92. The first-order chi connectivity index (χ1) is 19.2. The summed E-state index contributed by atoms with van der Waals surface area (Å²) in [6.07, 6.45) is 2.04. The molecule has 0 aromatic heterocycles. The number of hydrogen-bond donors (Lipinski definition) is 1. The molecule has 0 bridgehead atoms. The minimum Gasteiger partial charge on any atom is -0.493 e. The lowest BCUT2D eigenvalue weighted by atomic mass is 10.0. The SMILES string of the molecule is CCCNC(=O)[C@H](Cc1ccccc1)N(Cc1ccccc1)C(=O)CN(c1ccc(OC)c(OC)c1)S(C)(=O)=O. The van der Waals surface area contributed by atoms with E-state index in [0.29, 0.717) is 18.0 Å². The third-order valence-corrected chi connectivity index (χ3v) is 7.49. The van der Waals surface area contributed by atoms with E-state index in [1.54, 1.807) is 12.1 Å². The summed E-state index contributed by atoms with van der Waals surface area (Å²) in [6, 6.07) is 22.5. The van der Waals surface area contributed by atoms with Crippen molar-refractivity contribution in [2.75, 3.05) is 37.9 Å². The summed E-state index contributed by atoms with van der Waals surface area (Å²) in [5.41, 5.74) is 1.93. The van der Waals surface area contributed by atoms with Crippen molar-refractivity contribution < 1.29 is 27.5 Å². The van der Waals surface area contributed by atoms with E-state index in [4.69, 9.17) is 9.47 Å².